The van der Waals surface area contributed by atoms with E-state index in [0.717, 1.165) is 37.3 Å². The fourth-order valence-electron chi connectivity index (χ4n) is 3.77. The van der Waals surface area contributed by atoms with Gasteiger partial charge in [0.15, 0.2) is 5.13 Å². The van der Waals surface area contributed by atoms with Crippen LogP contribution < -0.4 is 16.4 Å². The van der Waals surface area contributed by atoms with Gasteiger partial charge in [0.25, 0.3) is 0 Å². The van der Waals surface area contributed by atoms with Gasteiger partial charge >= 0.3 is 0 Å². The van der Waals surface area contributed by atoms with Crippen LogP contribution in [0.1, 0.15) is 47.3 Å². The zero-order valence-corrected chi connectivity index (χ0v) is 19.0. The Balaban J connectivity index is 1.59. The van der Waals surface area contributed by atoms with E-state index in [1.807, 2.05) is 0 Å². The first-order valence-corrected chi connectivity index (χ1v) is 11.5. The summed E-state index contributed by atoms with van der Waals surface area (Å²) >= 11 is 1.00. The molecular formula is C22H25FN6O3S. The lowest BCUT2D eigenvalue weighted by atomic mass is 10.1. The number of thiazole rings is 1. The second kappa shape index (κ2) is 9.67. The van der Waals surface area contributed by atoms with Crippen molar-refractivity contribution >= 4 is 39.7 Å². The van der Waals surface area contributed by atoms with Gasteiger partial charge in [0.05, 0.1) is 5.69 Å². The highest BCUT2D eigenvalue weighted by Crippen LogP contribution is 2.36. The van der Waals surface area contributed by atoms with Crippen LogP contribution in [-0.4, -0.2) is 45.9 Å². The zero-order chi connectivity index (χ0) is 23.5. The molecule has 1 amide bonds. The Morgan fingerprint density at radius 3 is 2.61 bits per heavy atom. The molecule has 1 aliphatic rings. The van der Waals surface area contributed by atoms with Crippen LogP contribution in [0.25, 0.3) is 0 Å². The minimum Gasteiger partial charge on any atom is -0.382 e. The molecule has 4 rings (SSSR count). The van der Waals surface area contributed by atoms with Crippen molar-refractivity contribution in [3.8, 4) is 0 Å². The molecule has 174 valence electrons. The topological polar surface area (TPSA) is 132 Å². The van der Waals surface area contributed by atoms with E-state index >= 15 is 0 Å². The van der Waals surface area contributed by atoms with Gasteiger partial charge in [-0.05, 0) is 57.1 Å². The van der Waals surface area contributed by atoms with Gasteiger partial charge in [0, 0.05) is 18.3 Å². The quantitative estimate of drug-likeness (QED) is 0.478. The molecule has 0 bridgehead atoms. The highest BCUT2D eigenvalue weighted by molar-refractivity contribution is 7.18. The van der Waals surface area contributed by atoms with Crippen LogP contribution in [0.5, 0.6) is 0 Å². The number of carbonyl (C=O) groups excluding carboxylic acids is 2. The van der Waals surface area contributed by atoms with Crippen molar-refractivity contribution in [2.75, 3.05) is 23.7 Å². The normalized spacial score (nSPS) is 15.3. The molecule has 1 aliphatic heterocycles. The number of hydrogen-bond donors (Lipinski definition) is 2. The van der Waals surface area contributed by atoms with Crippen molar-refractivity contribution < 1.29 is 18.5 Å². The molecule has 0 spiro atoms. The molecule has 1 aromatic carbocycles. The van der Waals surface area contributed by atoms with Crippen LogP contribution in [0.15, 0.2) is 34.9 Å². The van der Waals surface area contributed by atoms with Crippen molar-refractivity contribution in [3.05, 3.63) is 52.5 Å². The smallest absolute Gasteiger partial charge is 0.244 e. The van der Waals surface area contributed by atoms with Crippen LogP contribution in [0.4, 0.5) is 21.0 Å². The minimum atomic E-state index is -0.814. The summed E-state index contributed by atoms with van der Waals surface area (Å²) in [7, 11) is 0. The molecule has 0 aliphatic carbocycles. The van der Waals surface area contributed by atoms with Crippen molar-refractivity contribution in [1.29, 1.82) is 0 Å². The van der Waals surface area contributed by atoms with Crippen LogP contribution >= 0.6 is 11.3 Å². The van der Waals surface area contributed by atoms with Gasteiger partial charge in [0.1, 0.15) is 22.6 Å². The SMILES string of the molecule is CC(C(N)=O)N(c1ccc(F)cc1)c1nc(N)c(C(=O)c2cc(CN3CCCCC3)no2)s1. The number of piperidine rings is 1. The molecule has 33 heavy (non-hydrogen) atoms. The second-order valence-electron chi connectivity index (χ2n) is 7.98. The molecule has 0 radical (unpaired) electrons. The lowest BCUT2D eigenvalue weighted by Gasteiger charge is -2.26. The van der Waals surface area contributed by atoms with Gasteiger partial charge < -0.3 is 20.9 Å². The van der Waals surface area contributed by atoms with E-state index in [1.165, 1.54) is 35.6 Å². The Bertz CT molecular complexity index is 1140. The van der Waals surface area contributed by atoms with Crippen LogP contribution in [0, 0.1) is 5.82 Å². The Morgan fingerprint density at radius 1 is 1.24 bits per heavy atom. The van der Waals surface area contributed by atoms with Crippen LogP contribution in [-0.2, 0) is 11.3 Å². The number of ketones is 1. The molecule has 4 N–H and O–H groups in total. The van der Waals surface area contributed by atoms with Crippen molar-refractivity contribution in [2.24, 2.45) is 5.73 Å². The van der Waals surface area contributed by atoms with Crippen LogP contribution in [0.3, 0.4) is 0 Å². The van der Waals surface area contributed by atoms with Gasteiger partial charge in [-0.1, -0.05) is 22.9 Å². The summed E-state index contributed by atoms with van der Waals surface area (Å²) in [5, 5.41) is 4.31. The predicted molar refractivity (Wildman–Crippen MR) is 123 cm³/mol. The van der Waals surface area contributed by atoms with E-state index in [1.54, 1.807) is 13.0 Å². The second-order valence-corrected chi connectivity index (χ2v) is 8.96. The molecule has 9 nitrogen and oxygen atoms in total. The molecule has 1 fully saturated rings. The summed E-state index contributed by atoms with van der Waals surface area (Å²) in [6.45, 7) is 4.21. The van der Waals surface area contributed by atoms with E-state index in [9.17, 15) is 14.0 Å². The number of nitrogen functional groups attached to an aromatic ring is 1. The summed E-state index contributed by atoms with van der Waals surface area (Å²) in [5.74, 6) is -1.42. The van der Waals surface area contributed by atoms with Gasteiger partial charge in [-0.2, -0.15) is 0 Å². The fraction of sp³-hybridized carbons (Fsp3) is 0.364. The standard InChI is InChI=1S/C22H25FN6O3S/c1-13(21(25)31)29(16-7-5-14(23)6-8-16)22-26-20(24)19(33-22)18(30)17-11-15(27-32-17)12-28-9-3-2-4-10-28/h5-8,11,13H,2-4,9-10,12,24H2,1H3,(H2,25,31). The molecular weight excluding hydrogens is 447 g/mol. The lowest BCUT2D eigenvalue weighted by molar-refractivity contribution is -0.118. The molecule has 1 atom stereocenters. The Labute approximate surface area is 194 Å². The number of amides is 1. The third-order valence-corrected chi connectivity index (χ3v) is 6.64. The molecule has 2 aromatic heterocycles. The number of likely N-dealkylation sites (tertiary alicyclic amines) is 1. The number of halogens is 1. The Hall–Kier alpha value is -3.31. The number of nitrogens with zero attached hydrogens (tertiary/aromatic N) is 4. The summed E-state index contributed by atoms with van der Waals surface area (Å²) in [6.07, 6.45) is 3.53. The number of aromatic nitrogens is 2. The average Bonchev–Trinajstić information content (AvgIpc) is 3.42. The van der Waals surface area contributed by atoms with E-state index in [4.69, 9.17) is 16.0 Å². The van der Waals surface area contributed by atoms with Crippen molar-refractivity contribution in [3.63, 3.8) is 0 Å². The van der Waals surface area contributed by atoms with E-state index in [2.05, 4.69) is 15.0 Å². The maximum atomic E-state index is 13.4. The number of benzene rings is 1. The highest BCUT2D eigenvalue weighted by Gasteiger charge is 2.29. The van der Waals surface area contributed by atoms with E-state index in [0.29, 0.717) is 17.9 Å². The van der Waals surface area contributed by atoms with Crippen LogP contribution in [0.2, 0.25) is 0 Å². The predicted octanol–water partition coefficient (Wildman–Crippen LogP) is 3.08. The average molecular weight is 473 g/mol. The highest BCUT2D eigenvalue weighted by atomic mass is 32.1. The fourth-order valence-corrected chi connectivity index (χ4v) is 4.80. The summed E-state index contributed by atoms with van der Waals surface area (Å²) in [5.41, 5.74) is 12.7. The number of rotatable bonds is 8. The monoisotopic (exact) mass is 472 g/mol. The molecule has 3 heterocycles. The van der Waals surface area contributed by atoms with Gasteiger partial charge in [-0.25, -0.2) is 9.37 Å². The van der Waals surface area contributed by atoms with Gasteiger partial charge in [-0.15, -0.1) is 0 Å². The first kappa shape index (κ1) is 22.9. The van der Waals surface area contributed by atoms with Gasteiger partial charge in [-0.3, -0.25) is 14.5 Å². The Kier molecular flexibility index (Phi) is 6.70. The first-order chi connectivity index (χ1) is 15.8. The molecule has 1 saturated heterocycles. The molecule has 3 aromatic rings. The van der Waals surface area contributed by atoms with Crippen molar-refractivity contribution in [2.45, 2.75) is 38.8 Å². The zero-order valence-electron chi connectivity index (χ0n) is 18.2. The Morgan fingerprint density at radius 2 is 1.94 bits per heavy atom. The summed E-state index contributed by atoms with van der Waals surface area (Å²) in [4.78, 5) is 33.2. The first-order valence-electron chi connectivity index (χ1n) is 10.7. The summed E-state index contributed by atoms with van der Waals surface area (Å²) in [6, 6.07) is 6.33. The minimum absolute atomic E-state index is 0.00207. The maximum Gasteiger partial charge on any atom is 0.244 e. The number of nitrogens with two attached hydrogens (primary N) is 2. The third kappa shape index (κ3) is 5.04. The number of anilines is 3. The number of primary amides is 1. The van der Waals surface area contributed by atoms with E-state index < -0.39 is 23.5 Å². The molecule has 1 unspecified atom stereocenters. The molecule has 0 saturated carbocycles. The number of carbonyl (C=O) groups is 2. The van der Waals surface area contributed by atoms with Gasteiger partial charge in [0.2, 0.25) is 17.5 Å². The lowest BCUT2D eigenvalue weighted by Crippen LogP contribution is -2.39. The van der Waals surface area contributed by atoms with E-state index in [-0.39, 0.29) is 21.6 Å². The maximum absolute atomic E-state index is 13.4. The molecule has 11 heteroatoms. The number of hydrogen-bond acceptors (Lipinski definition) is 9. The third-order valence-electron chi connectivity index (χ3n) is 5.58. The summed E-state index contributed by atoms with van der Waals surface area (Å²) < 4.78 is 18.7. The largest absolute Gasteiger partial charge is 0.382 e. The van der Waals surface area contributed by atoms with Crippen molar-refractivity contribution in [1.82, 2.24) is 15.0 Å².